The number of benzene rings is 9. The highest BCUT2D eigenvalue weighted by molar-refractivity contribution is 6.97. The van der Waals surface area contributed by atoms with Crippen molar-refractivity contribution in [1.82, 2.24) is 9.13 Å². The summed E-state index contributed by atoms with van der Waals surface area (Å²) in [4.78, 5) is 0. The van der Waals surface area contributed by atoms with Crippen LogP contribution in [0.15, 0.2) is 205 Å². The fourth-order valence-electron chi connectivity index (χ4n) is 9.92. The molecule has 0 unspecified atom stereocenters. The maximum absolute atomic E-state index is 7.12. The third-order valence-corrected chi connectivity index (χ3v) is 12.4. The Hall–Kier alpha value is -7.76. The van der Waals surface area contributed by atoms with Crippen molar-refractivity contribution in [1.29, 1.82) is 0 Å². The van der Waals surface area contributed by atoms with Crippen molar-refractivity contribution in [2.45, 2.75) is 0 Å². The molecule has 13 rings (SSSR count). The summed E-state index contributed by atoms with van der Waals surface area (Å²) in [6, 6.07) is 71.8. The standard InChI is InChI=1S/C54H33BN2O2/c1-6-24-46-38(16-1)39-17-2-7-25-47(39)56(46)36-30-31-49-43(33-36)40-18-3-8-26-48(40)57(49)50-27-13-21-42-41-20-12-19-37(53(41)59-54(42)50)34-14-11-15-35(32-34)55-44-22-4-9-28-51(44)58-52-29-10-5-23-45(52)55/h1-33H. The van der Waals surface area contributed by atoms with Crippen molar-refractivity contribution in [2.24, 2.45) is 0 Å². The SMILES string of the molecule is c1cc(B2c3ccccc3Oc3ccccc32)cc(-c2cccc3c2oc2c(-n4c5ccccc5c5cc(-n6c7ccccc7c7ccccc76)ccc54)cccc23)c1. The Morgan fingerprint density at radius 3 is 1.63 bits per heavy atom. The molecule has 0 aliphatic carbocycles. The number of rotatable bonds is 4. The maximum Gasteiger partial charge on any atom is 0.250 e. The number of para-hydroxylation sites is 7. The molecule has 0 spiro atoms. The first-order valence-corrected chi connectivity index (χ1v) is 20.2. The fourth-order valence-corrected chi connectivity index (χ4v) is 9.92. The smallest absolute Gasteiger partial charge is 0.250 e. The lowest BCUT2D eigenvalue weighted by Crippen LogP contribution is -2.54. The van der Waals surface area contributed by atoms with E-state index in [1.54, 1.807) is 0 Å². The number of hydrogen-bond acceptors (Lipinski definition) is 2. The van der Waals surface area contributed by atoms with Crippen LogP contribution in [-0.4, -0.2) is 15.8 Å². The summed E-state index contributed by atoms with van der Waals surface area (Å²) in [5.74, 6) is 1.81. The minimum atomic E-state index is 0.0448. The van der Waals surface area contributed by atoms with Gasteiger partial charge in [-0.25, -0.2) is 0 Å². The highest BCUT2D eigenvalue weighted by Gasteiger charge is 2.32. The highest BCUT2D eigenvalue weighted by Crippen LogP contribution is 2.42. The average Bonchev–Trinajstić information content (AvgIpc) is 3.96. The van der Waals surface area contributed by atoms with Gasteiger partial charge < -0.3 is 18.3 Å². The largest absolute Gasteiger partial charge is 0.458 e. The van der Waals surface area contributed by atoms with Gasteiger partial charge in [0.1, 0.15) is 17.1 Å². The number of nitrogens with zero attached hydrogens (tertiary/aromatic N) is 2. The molecule has 1 aliphatic rings. The van der Waals surface area contributed by atoms with Crippen LogP contribution in [0.25, 0.3) is 88.1 Å². The van der Waals surface area contributed by atoms with Gasteiger partial charge in [-0.3, -0.25) is 0 Å². The topological polar surface area (TPSA) is 32.2 Å². The molecule has 0 N–H and O–H groups in total. The lowest BCUT2D eigenvalue weighted by atomic mass is 9.36. The molecule has 274 valence electrons. The van der Waals surface area contributed by atoms with Crippen molar-refractivity contribution >= 4 is 88.7 Å². The molecule has 4 nitrogen and oxygen atoms in total. The lowest BCUT2D eigenvalue weighted by Gasteiger charge is -2.26. The van der Waals surface area contributed by atoms with Gasteiger partial charge in [-0.15, -0.1) is 0 Å². The van der Waals surface area contributed by atoms with E-state index < -0.39 is 0 Å². The molecule has 4 heterocycles. The lowest BCUT2D eigenvalue weighted by molar-refractivity contribution is 0.487. The van der Waals surface area contributed by atoms with Crippen LogP contribution in [0.2, 0.25) is 0 Å². The first-order chi connectivity index (χ1) is 29.3. The Morgan fingerprint density at radius 1 is 0.373 bits per heavy atom. The van der Waals surface area contributed by atoms with Gasteiger partial charge in [0, 0.05) is 43.6 Å². The number of hydrogen-bond donors (Lipinski definition) is 0. The summed E-state index contributed by atoms with van der Waals surface area (Å²) < 4.78 is 18.3. The monoisotopic (exact) mass is 752 g/mol. The average molecular weight is 753 g/mol. The quantitative estimate of drug-likeness (QED) is 0.168. The first kappa shape index (κ1) is 32.3. The Morgan fingerprint density at radius 2 is 0.915 bits per heavy atom. The van der Waals surface area contributed by atoms with Crippen LogP contribution in [0.3, 0.4) is 0 Å². The molecule has 59 heavy (non-hydrogen) atoms. The Bertz CT molecular complexity index is 3580. The first-order valence-electron chi connectivity index (χ1n) is 20.2. The maximum atomic E-state index is 7.12. The molecular formula is C54H33BN2O2. The van der Waals surface area contributed by atoms with Crippen molar-refractivity contribution in [3.8, 4) is 34.0 Å². The second kappa shape index (κ2) is 12.4. The molecule has 0 bridgehead atoms. The van der Waals surface area contributed by atoms with E-state index in [-0.39, 0.29) is 6.71 Å². The van der Waals surface area contributed by atoms with Crippen molar-refractivity contribution in [3.05, 3.63) is 200 Å². The van der Waals surface area contributed by atoms with Gasteiger partial charge in [0.25, 0.3) is 6.71 Å². The molecule has 9 aromatic carbocycles. The predicted molar refractivity (Wildman–Crippen MR) is 245 cm³/mol. The van der Waals surface area contributed by atoms with E-state index in [0.29, 0.717) is 0 Å². The predicted octanol–water partition coefficient (Wildman–Crippen LogP) is 12.1. The van der Waals surface area contributed by atoms with Crippen LogP contribution in [0.4, 0.5) is 0 Å². The third kappa shape index (κ3) is 4.67. The molecule has 0 radical (unpaired) electrons. The number of fused-ring (bicyclic) bond motifs is 11. The Kier molecular flexibility index (Phi) is 6.78. The van der Waals surface area contributed by atoms with Crippen LogP contribution in [0, 0.1) is 0 Å². The zero-order chi connectivity index (χ0) is 38.6. The Balaban J connectivity index is 0.990. The number of aromatic nitrogens is 2. The fraction of sp³-hybridized carbons (Fsp3) is 0. The molecule has 0 amide bonds. The zero-order valence-corrected chi connectivity index (χ0v) is 31.8. The molecule has 0 saturated heterocycles. The van der Waals surface area contributed by atoms with Crippen molar-refractivity contribution in [2.75, 3.05) is 0 Å². The minimum Gasteiger partial charge on any atom is -0.458 e. The summed E-state index contributed by atoms with van der Waals surface area (Å²) in [7, 11) is 0. The van der Waals surface area contributed by atoms with Gasteiger partial charge in [0.2, 0.25) is 0 Å². The molecule has 0 fully saturated rings. The summed E-state index contributed by atoms with van der Waals surface area (Å²) in [6.07, 6.45) is 0. The van der Waals surface area contributed by atoms with E-state index >= 15 is 0 Å². The van der Waals surface area contributed by atoms with Crippen LogP contribution in [0.5, 0.6) is 11.5 Å². The van der Waals surface area contributed by atoms with Crippen LogP contribution < -0.4 is 21.1 Å². The summed E-state index contributed by atoms with van der Waals surface area (Å²) in [5.41, 5.74) is 14.3. The van der Waals surface area contributed by atoms with Gasteiger partial charge in [0.05, 0.1) is 27.8 Å². The van der Waals surface area contributed by atoms with Crippen LogP contribution >= 0.6 is 0 Å². The molecule has 0 atom stereocenters. The van der Waals surface area contributed by atoms with Gasteiger partial charge in [-0.05, 0) is 71.1 Å². The highest BCUT2D eigenvalue weighted by atomic mass is 16.5. The summed E-state index contributed by atoms with van der Waals surface area (Å²) in [5, 5.41) is 7.10. The number of ether oxygens (including phenoxy) is 1. The molecule has 12 aromatic rings. The molecule has 3 aromatic heterocycles. The zero-order valence-electron chi connectivity index (χ0n) is 31.8. The van der Waals surface area contributed by atoms with E-state index in [1.165, 1.54) is 49.0 Å². The third-order valence-electron chi connectivity index (χ3n) is 12.4. The normalized spacial score (nSPS) is 12.5. The molecule has 5 heteroatoms. The summed E-state index contributed by atoms with van der Waals surface area (Å²) in [6.45, 7) is 0.0448. The van der Waals surface area contributed by atoms with Crippen LogP contribution in [-0.2, 0) is 0 Å². The summed E-state index contributed by atoms with van der Waals surface area (Å²) >= 11 is 0. The molecular weight excluding hydrogens is 719 g/mol. The van der Waals surface area contributed by atoms with E-state index in [4.69, 9.17) is 9.15 Å². The van der Waals surface area contributed by atoms with Gasteiger partial charge >= 0.3 is 0 Å². The van der Waals surface area contributed by atoms with E-state index in [9.17, 15) is 0 Å². The molecule has 0 saturated carbocycles. The van der Waals surface area contributed by atoms with Gasteiger partial charge in [0.15, 0.2) is 5.58 Å². The Labute approximate surface area is 339 Å². The van der Waals surface area contributed by atoms with E-state index in [0.717, 1.165) is 67.0 Å². The molecule has 1 aliphatic heterocycles. The van der Waals surface area contributed by atoms with E-state index in [2.05, 4.69) is 197 Å². The van der Waals surface area contributed by atoms with Crippen molar-refractivity contribution in [3.63, 3.8) is 0 Å². The van der Waals surface area contributed by atoms with Crippen LogP contribution in [0.1, 0.15) is 0 Å². The second-order valence-electron chi connectivity index (χ2n) is 15.6. The minimum absolute atomic E-state index is 0.0448. The van der Waals surface area contributed by atoms with Gasteiger partial charge in [-0.2, -0.15) is 0 Å². The second-order valence-corrected chi connectivity index (χ2v) is 15.6. The van der Waals surface area contributed by atoms with Crippen molar-refractivity contribution < 1.29 is 9.15 Å². The number of furan rings is 1. The van der Waals surface area contributed by atoms with E-state index in [1.807, 2.05) is 12.1 Å². The van der Waals surface area contributed by atoms with Gasteiger partial charge in [-0.1, -0.05) is 151 Å².